The van der Waals surface area contributed by atoms with Gasteiger partial charge in [-0.1, -0.05) is 0 Å². The van der Waals surface area contributed by atoms with Gasteiger partial charge in [0.1, 0.15) is 18.2 Å². The van der Waals surface area contributed by atoms with Gasteiger partial charge in [-0.3, -0.25) is 19.2 Å². The maximum atomic E-state index is 12.0. The summed E-state index contributed by atoms with van der Waals surface area (Å²) in [5.74, 6) is -2.59. The van der Waals surface area contributed by atoms with E-state index in [2.05, 4.69) is 15.5 Å². The van der Waals surface area contributed by atoms with Crippen molar-refractivity contribution in [3.8, 4) is 0 Å². The van der Waals surface area contributed by atoms with Gasteiger partial charge in [0, 0.05) is 25.8 Å². The lowest BCUT2D eigenvalue weighted by atomic mass is 10.1. The van der Waals surface area contributed by atoms with Gasteiger partial charge < -0.3 is 29.7 Å². The number of likely N-dealkylation sites (N-methyl/N-ethyl adjacent to an activating group) is 1. The van der Waals surface area contributed by atoms with Crippen molar-refractivity contribution in [2.24, 2.45) is 0 Å². The van der Waals surface area contributed by atoms with Gasteiger partial charge in [0.05, 0.1) is 19.8 Å². The normalized spacial score (nSPS) is 14.9. The van der Waals surface area contributed by atoms with Crippen molar-refractivity contribution in [1.29, 1.82) is 0 Å². The molecule has 12 heteroatoms. The van der Waals surface area contributed by atoms with Gasteiger partial charge in [0.25, 0.3) is 11.8 Å². The minimum absolute atomic E-state index is 0.0250. The molecule has 1 aliphatic rings. The third kappa shape index (κ3) is 11.2. The van der Waals surface area contributed by atoms with Crippen molar-refractivity contribution in [1.82, 2.24) is 15.7 Å². The number of rotatable bonds is 14. The van der Waals surface area contributed by atoms with Gasteiger partial charge in [-0.2, -0.15) is 0 Å². The Hall–Kier alpha value is -2.57. The van der Waals surface area contributed by atoms with E-state index in [1.54, 1.807) is 27.8 Å². The monoisotopic (exact) mass is 459 g/mol. The summed E-state index contributed by atoms with van der Waals surface area (Å²) >= 11 is 0. The molecule has 0 spiro atoms. The molecule has 32 heavy (non-hydrogen) atoms. The van der Waals surface area contributed by atoms with Crippen molar-refractivity contribution in [2.45, 2.75) is 58.1 Å². The summed E-state index contributed by atoms with van der Waals surface area (Å²) in [6.07, 6.45) is 0.503. The smallest absolute Gasteiger partial charge is 0.358 e. The summed E-state index contributed by atoms with van der Waals surface area (Å²) in [5, 5.41) is 5.98. The number of carbonyl (C=O) groups is 5. The van der Waals surface area contributed by atoms with Crippen LogP contribution in [0, 0.1) is 0 Å². The Morgan fingerprint density at radius 3 is 2.25 bits per heavy atom. The molecule has 12 nitrogen and oxygen atoms in total. The first kappa shape index (κ1) is 27.5. The number of nitrogens with zero attached hydrogens (tertiary/aromatic N) is 1. The number of carbonyl (C=O) groups excluding carboxylic acids is 5. The van der Waals surface area contributed by atoms with Gasteiger partial charge in [0.15, 0.2) is 0 Å². The van der Waals surface area contributed by atoms with E-state index in [1.165, 1.54) is 0 Å². The highest BCUT2D eigenvalue weighted by Gasteiger charge is 2.32. The molecule has 182 valence electrons. The molecule has 0 radical (unpaired) electrons. The number of amides is 3. The van der Waals surface area contributed by atoms with Gasteiger partial charge in [0.2, 0.25) is 5.91 Å². The van der Waals surface area contributed by atoms with Crippen LogP contribution in [-0.4, -0.2) is 86.4 Å². The Morgan fingerprint density at radius 2 is 1.66 bits per heavy atom. The van der Waals surface area contributed by atoms with Crippen LogP contribution in [-0.2, 0) is 43.0 Å². The highest BCUT2D eigenvalue weighted by atomic mass is 16.7. The standard InChI is InChI=1S/C20H33N3O9/c1-20(2,3)31-19(28)14(21-4)5-6-15(24)22-9-10-29-11-12-30-13-18(27)32-23-16(25)7-8-17(23)26/h14,21H,5-13H2,1-4H3,(H,22,24)/t14-/m0/s1. The van der Waals surface area contributed by atoms with E-state index in [0.717, 1.165) is 0 Å². The quantitative estimate of drug-likeness (QED) is 0.197. The van der Waals surface area contributed by atoms with Gasteiger partial charge >= 0.3 is 11.9 Å². The summed E-state index contributed by atoms with van der Waals surface area (Å²) in [4.78, 5) is 62.8. The van der Waals surface area contributed by atoms with E-state index in [4.69, 9.17) is 14.2 Å². The first-order valence-corrected chi connectivity index (χ1v) is 10.4. The lowest BCUT2D eigenvalue weighted by Gasteiger charge is -2.23. The molecular weight excluding hydrogens is 426 g/mol. The molecular formula is C20H33N3O9. The maximum absolute atomic E-state index is 12.0. The first-order valence-electron chi connectivity index (χ1n) is 10.4. The Morgan fingerprint density at radius 1 is 1.03 bits per heavy atom. The molecule has 0 unspecified atom stereocenters. The summed E-state index contributed by atoms with van der Waals surface area (Å²) in [5.41, 5.74) is -0.595. The van der Waals surface area contributed by atoms with Crippen LogP contribution in [0.2, 0.25) is 0 Å². The van der Waals surface area contributed by atoms with Crippen molar-refractivity contribution in [3.05, 3.63) is 0 Å². The second-order valence-corrected chi connectivity index (χ2v) is 7.97. The Balaban J connectivity index is 2.05. The number of esters is 1. The predicted octanol–water partition coefficient (Wildman–Crippen LogP) is -0.547. The predicted molar refractivity (Wildman–Crippen MR) is 110 cm³/mol. The minimum Gasteiger partial charge on any atom is -0.459 e. The van der Waals surface area contributed by atoms with Crippen molar-refractivity contribution >= 4 is 29.7 Å². The van der Waals surface area contributed by atoms with E-state index >= 15 is 0 Å². The zero-order chi connectivity index (χ0) is 24.1. The lowest BCUT2D eigenvalue weighted by molar-refractivity contribution is -0.200. The average molecular weight is 459 g/mol. The summed E-state index contributed by atoms with van der Waals surface area (Å²) < 4.78 is 15.6. The molecule has 0 aromatic rings. The highest BCUT2D eigenvalue weighted by Crippen LogP contribution is 2.12. The molecule has 1 rings (SSSR count). The first-order chi connectivity index (χ1) is 15.0. The van der Waals surface area contributed by atoms with E-state index in [-0.39, 0.29) is 51.5 Å². The Labute approximate surface area is 187 Å². The second kappa shape index (κ2) is 13.8. The number of hydroxylamine groups is 2. The van der Waals surface area contributed by atoms with Gasteiger partial charge in [-0.05, 0) is 34.2 Å². The number of ether oxygens (including phenoxy) is 3. The average Bonchev–Trinajstić information content (AvgIpc) is 3.01. The SMILES string of the molecule is CN[C@@H](CCC(=O)NCCOCCOCC(=O)ON1C(=O)CCC1=O)C(=O)OC(C)(C)C. The Bertz CT molecular complexity index is 660. The van der Waals surface area contributed by atoms with Crippen LogP contribution in [0.15, 0.2) is 0 Å². The molecule has 1 saturated heterocycles. The van der Waals surface area contributed by atoms with Crippen LogP contribution < -0.4 is 10.6 Å². The fourth-order valence-corrected chi connectivity index (χ4v) is 2.54. The zero-order valence-corrected chi connectivity index (χ0v) is 19.1. The highest BCUT2D eigenvalue weighted by molar-refractivity contribution is 6.01. The van der Waals surface area contributed by atoms with Crippen LogP contribution >= 0.6 is 0 Å². The minimum atomic E-state index is -0.855. The topological polar surface area (TPSA) is 150 Å². The molecule has 1 atom stereocenters. The second-order valence-electron chi connectivity index (χ2n) is 7.97. The molecule has 0 aliphatic carbocycles. The van der Waals surface area contributed by atoms with Crippen LogP contribution in [0.5, 0.6) is 0 Å². The number of nitrogens with one attached hydrogen (secondary N) is 2. The van der Waals surface area contributed by atoms with Gasteiger partial charge in [-0.25, -0.2) is 4.79 Å². The molecule has 0 aromatic carbocycles. The summed E-state index contributed by atoms with van der Waals surface area (Å²) in [6, 6.07) is -0.568. The van der Waals surface area contributed by atoms with Crippen molar-refractivity contribution in [3.63, 3.8) is 0 Å². The number of hydrogen-bond donors (Lipinski definition) is 2. The van der Waals surface area contributed by atoms with Gasteiger partial charge in [-0.15, -0.1) is 5.06 Å². The van der Waals surface area contributed by atoms with Crippen LogP contribution in [0.1, 0.15) is 46.5 Å². The molecule has 3 amide bonds. The fraction of sp³-hybridized carbons (Fsp3) is 0.750. The molecule has 1 fully saturated rings. The van der Waals surface area contributed by atoms with Crippen LogP contribution in [0.3, 0.4) is 0 Å². The van der Waals surface area contributed by atoms with Crippen molar-refractivity contribution < 1.29 is 43.0 Å². The molecule has 0 bridgehead atoms. The maximum Gasteiger partial charge on any atom is 0.358 e. The fourth-order valence-electron chi connectivity index (χ4n) is 2.54. The zero-order valence-electron chi connectivity index (χ0n) is 19.1. The molecule has 1 aliphatic heterocycles. The third-order valence-electron chi connectivity index (χ3n) is 4.06. The molecule has 1 heterocycles. The van der Waals surface area contributed by atoms with Crippen molar-refractivity contribution in [2.75, 3.05) is 40.0 Å². The third-order valence-corrected chi connectivity index (χ3v) is 4.06. The van der Waals surface area contributed by atoms with E-state index in [9.17, 15) is 24.0 Å². The van der Waals surface area contributed by atoms with Crippen LogP contribution in [0.25, 0.3) is 0 Å². The molecule has 2 N–H and O–H groups in total. The lowest BCUT2D eigenvalue weighted by Crippen LogP contribution is -2.40. The summed E-state index contributed by atoms with van der Waals surface area (Å²) in [7, 11) is 1.63. The molecule has 0 saturated carbocycles. The van der Waals surface area contributed by atoms with E-state index < -0.39 is 42.0 Å². The largest absolute Gasteiger partial charge is 0.459 e. The van der Waals surface area contributed by atoms with Crippen LogP contribution in [0.4, 0.5) is 0 Å². The number of imide groups is 1. The van der Waals surface area contributed by atoms with E-state index in [0.29, 0.717) is 11.5 Å². The van der Waals surface area contributed by atoms with E-state index in [1.807, 2.05) is 0 Å². The Kier molecular flexibility index (Phi) is 11.8. The summed E-state index contributed by atoms with van der Waals surface area (Å²) in [6.45, 7) is 5.67. The molecule has 0 aromatic heterocycles. The number of hydrogen-bond acceptors (Lipinski definition) is 10.